The van der Waals surface area contributed by atoms with Crippen LogP contribution in [0.15, 0.2) is 0 Å². The molecular formula is C16H24N4O. The number of hydrogen-bond donors (Lipinski definition) is 1. The molecule has 2 aliphatic rings. The van der Waals surface area contributed by atoms with E-state index >= 15 is 0 Å². The lowest BCUT2D eigenvalue weighted by atomic mass is 9.95. The van der Waals surface area contributed by atoms with Gasteiger partial charge in [-0.15, -0.1) is 0 Å². The maximum atomic E-state index is 11.9. The summed E-state index contributed by atoms with van der Waals surface area (Å²) in [6.45, 7) is 4.48. The molecule has 0 unspecified atom stereocenters. The fourth-order valence-electron chi connectivity index (χ4n) is 3.27. The first-order valence-corrected chi connectivity index (χ1v) is 8.12. The Bertz CT molecular complexity index is 523. The minimum Gasteiger partial charge on any atom is -0.338 e. The first-order chi connectivity index (χ1) is 10.2. The summed E-state index contributed by atoms with van der Waals surface area (Å²) in [4.78, 5) is 23.1. The van der Waals surface area contributed by atoms with Gasteiger partial charge in [-0.1, -0.05) is 0 Å². The van der Waals surface area contributed by atoms with Crippen molar-refractivity contribution in [3.63, 3.8) is 0 Å². The summed E-state index contributed by atoms with van der Waals surface area (Å²) in [6.07, 6.45) is 7.64. The van der Waals surface area contributed by atoms with Crippen LogP contribution < -0.4 is 5.32 Å². The lowest BCUT2D eigenvalue weighted by Gasteiger charge is -2.18. The number of hydrogen-bond acceptors (Lipinski definition) is 3. The zero-order chi connectivity index (χ0) is 14.7. The molecule has 1 aromatic rings. The van der Waals surface area contributed by atoms with Crippen LogP contribution >= 0.6 is 0 Å². The first-order valence-electron chi connectivity index (χ1n) is 8.12. The number of likely N-dealkylation sites (tertiary alicyclic amines) is 1. The van der Waals surface area contributed by atoms with Gasteiger partial charge in [0.15, 0.2) is 0 Å². The molecule has 114 valence electrons. The normalized spacial score (nSPS) is 17.7. The molecule has 1 saturated heterocycles. The van der Waals surface area contributed by atoms with Gasteiger partial charge in [-0.05, 0) is 51.0 Å². The van der Waals surface area contributed by atoms with Crippen molar-refractivity contribution in [2.75, 3.05) is 19.6 Å². The molecule has 0 spiro atoms. The third-order valence-corrected chi connectivity index (χ3v) is 4.45. The average molecular weight is 288 g/mol. The van der Waals surface area contributed by atoms with Crippen molar-refractivity contribution in [2.45, 2.75) is 51.9 Å². The largest absolute Gasteiger partial charge is 0.338 e. The van der Waals surface area contributed by atoms with E-state index in [-0.39, 0.29) is 6.03 Å². The van der Waals surface area contributed by atoms with E-state index in [4.69, 9.17) is 4.98 Å². The summed E-state index contributed by atoms with van der Waals surface area (Å²) in [5, 5.41) is 2.98. The van der Waals surface area contributed by atoms with Crippen LogP contribution in [-0.4, -0.2) is 40.5 Å². The van der Waals surface area contributed by atoms with Crippen LogP contribution in [0.4, 0.5) is 4.79 Å². The van der Waals surface area contributed by atoms with Gasteiger partial charge in [0.25, 0.3) is 0 Å². The van der Waals surface area contributed by atoms with Crippen LogP contribution in [-0.2, 0) is 19.3 Å². The standard InChI is InChI=1S/C16H24N4O/c1-12-13-6-2-3-7-14(13)19-15(18-12)8-9-17-16(21)20-10-4-5-11-20/h2-11H2,1H3,(H,17,21). The molecule has 1 N–H and O–H groups in total. The summed E-state index contributed by atoms with van der Waals surface area (Å²) in [5.74, 6) is 0.870. The second-order valence-electron chi connectivity index (χ2n) is 6.03. The van der Waals surface area contributed by atoms with Crippen molar-refractivity contribution in [3.05, 3.63) is 22.8 Å². The van der Waals surface area contributed by atoms with E-state index in [9.17, 15) is 4.79 Å². The molecule has 0 saturated carbocycles. The Hall–Kier alpha value is -1.65. The van der Waals surface area contributed by atoms with Gasteiger partial charge in [0.2, 0.25) is 0 Å². The summed E-state index contributed by atoms with van der Waals surface area (Å²) >= 11 is 0. The zero-order valence-electron chi connectivity index (χ0n) is 12.8. The molecule has 5 heteroatoms. The van der Waals surface area contributed by atoms with Crippen molar-refractivity contribution >= 4 is 6.03 Å². The van der Waals surface area contributed by atoms with Crippen molar-refractivity contribution in [2.24, 2.45) is 0 Å². The van der Waals surface area contributed by atoms with E-state index in [0.717, 1.165) is 50.3 Å². The second kappa shape index (κ2) is 6.41. The van der Waals surface area contributed by atoms with Crippen LogP contribution in [0.5, 0.6) is 0 Å². The molecule has 3 rings (SSSR count). The van der Waals surface area contributed by atoms with E-state index in [1.165, 1.54) is 24.1 Å². The average Bonchev–Trinajstić information content (AvgIpc) is 3.01. The predicted octanol–water partition coefficient (Wildman–Crippen LogP) is 2.01. The summed E-state index contributed by atoms with van der Waals surface area (Å²) in [5.41, 5.74) is 3.71. The lowest BCUT2D eigenvalue weighted by Crippen LogP contribution is -2.39. The van der Waals surface area contributed by atoms with Gasteiger partial charge < -0.3 is 10.2 Å². The highest BCUT2D eigenvalue weighted by atomic mass is 16.2. The monoisotopic (exact) mass is 288 g/mol. The SMILES string of the molecule is Cc1nc(CCNC(=O)N2CCCC2)nc2c1CCCC2. The molecule has 0 atom stereocenters. The van der Waals surface area contributed by atoms with Crippen LogP contribution in [0, 0.1) is 6.92 Å². The van der Waals surface area contributed by atoms with Crippen LogP contribution in [0.3, 0.4) is 0 Å². The van der Waals surface area contributed by atoms with Crippen molar-refractivity contribution in [3.8, 4) is 0 Å². The number of aryl methyl sites for hydroxylation is 2. The van der Waals surface area contributed by atoms with Crippen molar-refractivity contribution < 1.29 is 4.79 Å². The summed E-state index contributed by atoms with van der Waals surface area (Å²) < 4.78 is 0. The smallest absolute Gasteiger partial charge is 0.317 e. The highest BCUT2D eigenvalue weighted by molar-refractivity contribution is 5.74. The molecule has 1 aliphatic carbocycles. The molecule has 0 aromatic carbocycles. The van der Waals surface area contributed by atoms with Crippen LogP contribution in [0.2, 0.25) is 0 Å². The highest BCUT2D eigenvalue weighted by Gasteiger charge is 2.18. The first kappa shape index (κ1) is 14.3. The number of carbonyl (C=O) groups excluding carboxylic acids is 1. The molecule has 21 heavy (non-hydrogen) atoms. The summed E-state index contributed by atoms with van der Waals surface area (Å²) in [7, 11) is 0. The van der Waals surface area contributed by atoms with Gasteiger partial charge >= 0.3 is 6.03 Å². The number of carbonyl (C=O) groups is 1. The van der Waals surface area contributed by atoms with Crippen LogP contribution in [0.1, 0.15) is 48.5 Å². The number of nitrogens with zero attached hydrogens (tertiary/aromatic N) is 3. The molecule has 2 amide bonds. The fourth-order valence-corrected chi connectivity index (χ4v) is 3.27. The van der Waals surface area contributed by atoms with Gasteiger partial charge in [0.05, 0.1) is 0 Å². The van der Waals surface area contributed by atoms with Crippen molar-refractivity contribution in [1.29, 1.82) is 0 Å². The maximum absolute atomic E-state index is 11.9. The van der Waals surface area contributed by atoms with Gasteiger partial charge in [0, 0.05) is 37.4 Å². The lowest BCUT2D eigenvalue weighted by molar-refractivity contribution is 0.209. The maximum Gasteiger partial charge on any atom is 0.317 e. The van der Waals surface area contributed by atoms with Gasteiger partial charge in [0.1, 0.15) is 5.82 Å². The Morgan fingerprint density at radius 2 is 1.90 bits per heavy atom. The van der Waals surface area contributed by atoms with E-state index in [1.807, 2.05) is 4.90 Å². The van der Waals surface area contributed by atoms with E-state index in [1.54, 1.807) is 0 Å². The van der Waals surface area contributed by atoms with Gasteiger partial charge in [-0.2, -0.15) is 0 Å². The third kappa shape index (κ3) is 3.34. The fraction of sp³-hybridized carbons (Fsp3) is 0.688. The zero-order valence-corrected chi connectivity index (χ0v) is 12.8. The van der Waals surface area contributed by atoms with Gasteiger partial charge in [-0.25, -0.2) is 14.8 Å². The quantitative estimate of drug-likeness (QED) is 0.925. The molecular weight excluding hydrogens is 264 g/mol. The second-order valence-corrected chi connectivity index (χ2v) is 6.03. The van der Waals surface area contributed by atoms with Crippen LogP contribution in [0.25, 0.3) is 0 Å². The molecule has 1 fully saturated rings. The Labute approximate surface area is 126 Å². The predicted molar refractivity (Wildman–Crippen MR) is 81.3 cm³/mol. The number of aromatic nitrogens is 2. The van der Waals surface area contributed by atoms with E-state index in [0.29, 0.717) is 13.0 Å². The number of urea groups is 1. The Kier molecular flexibility index (Phi) is 4.36. The molecule has 0 radical (unpaired) electrons. The molecule has 2 heterocycles. The topological polar surface area (TPSA) is 58.1 Å². The number of amides is 2. The molecule has 5 nitrogen and oxygen atoms in total. The highest BCUT2D eigenvalue weighted by Crippen LogP contribution is 2.21. The number of rotatable bonds is 3. The number of fused-ring (bicyclic) bond motifs is 1. The molecule has 1 aromatic heterocycles. The van der Waals surface area contributed by atoms with E-state index in [2.05, 4.69) is 17.2 Å². The van der Waals surface area contributed by atoms with Crippen molar-refractivity contribution in [1.82, 2.24) is 20.2 Å². The molecule has 0 bridgehead atoms. The van der Waals surface area contributed by atoms with Gasteiger partial charge in [-0.3, -0.25) is 0 Å². The summed E-state index contributed by atoms with van der Waals surface area (Å²) in [6, 6.07) is 0.0576. The Morgan fingerprint density at radius 3 is 2.71 bits per heavy atom. The minimum absolute atomic E-state index is 0.0576. The molecule has 1 aliphatic heterocycles. The Balaban J connectivity index is 1.55. The Morgan fingerprint density at radius 1 is 1.14 bits per heavy atom. The number of nitrogens with one attached hydrogen (secondary N) is 1. The third-order valence-electron chi connectivity index (χ3n) is 4.45. The minimum atomic E-state index is 0.0576. The van der Waals surface area contributed by atoms with E-state index < -0.39 is 0 Å².